The highest BCUT2D eigenvalue weighted by Crippen LogP contribution is 2.20. The number of benzene rings is 2. The molecule has 0 aliphatic carbocycles. The van der Waals surface area contributed by atoms with Gasteiger partial charge in [0.05, 0.1) is 18.0 Å². The van der Waals surface area contributed by atoms with Crippen molar-refractivity contribution in [2.75, 3.05) is 24.2 Å². The van der Waals surface area contributed by atoms with Gasteiger partial charge in [0.15, 0.2) is 17.5 Å². The zero-order chi connectivity index (χ0) is 20.7. The predicted molar refractivity (Wildman–Crippen MR) is 98.9 cm³/mol. The molecule has 150 valence electrons. The molecule has 0 saturated carbocycles. The summed E-state index contributed by atoms with van der Waals surface area (Å²) in [5.41, 5.74) is -0.506. The number of thioether (sulfide) groups is 1. The van der Waals surface area contributed by atoms with Crippen molar-refractivity contribution in [3.05, 3.63) is 59.7 Å². The molecule has 0 heterocycles. The first-order valence-corrected chi connectivity index (χ1v) is 9.39. The van der Waals surface area contributed by atoms with Gasteiger partial charge in [0.1, 0.15) is 5.82 Å². The van der Waals surface area contributed by atoms with E-state index in [9.17, 15) is 27.2 Å². The average Bonchev–Trinajstić information content (AvgIpc) is 2.67. The third-order valence-corrected chi connectivity index (χ3v) is 4.66. The number of hydrogen-bond donors (Lipinski definition) is 1. The Morgan fingerprint density at radius 3 is 2.32 bits per heavy atom. The van der Waals surface area contributed by atoms with Crippen LogP contribution in [0.2, 0.25) is 0 Å². The number of nitrogens with one attached hydrogen (secondary N) is 1. The molecule has 2 amide bonds. The van der Waals surface area contributed by atoms with Crippen LogP contribution in [0.4, 0.5) is 23.2 Å². The summed E-state index contributed by atoms with van der Waals surface area (Å²) in [6, 6.07) is 7.23. The third-order valence-electron chi connectivity index (χ3n) is 3.67. The zero-order valence-electron chi connectivity index (χ0n) is 15.0. The molecule has 2 aromatic rings. The van der Waals surface area contributed by atoms with Crippen molar-refractivity contribution >= 4 is 29.3 Å². The van der Waals surface area contributed by atoms with E-state index in [1.165, 1.54) is 40.9 Å². The van der Waals surface area contributed by atoms with Gasteiger partial charge in [-0.3, -0.25) is 9.59 Å². The zero-order valence-corrected chi connectivity index (χ0v) is 15.8. The minimum atomic E-state index is -1.69. The molecule has 0 aromatic heterocycles. The lowest BCUT2D eigenvalue weighted by molar-refractivity contribution is -0.132. The maximum atomic E-state index is 13.7. The SMILES string of the molecule is CCCN(CC(=O)Nc1ccc(F)c(F)c1F)C(=O)CSc1ccc(F)cc1. The van der Waals surface area contributed by atoms with Gasteiger partial charge in [-0.2, -0.15) is 0 Å². The maximum Gasteiger partial charge on any atom is 0.244 e. The van der Waals surface area contributed by atoms with Gasteiger partial charge in [-0.15, -0.1) is 11.8 Å². The van der Waals surface area contributed by atoms with E-state index in [0.29, 0.717) is 17.4 Å². The van der Waals surface area contributed by atoms with Gasteiger partial charge in [-0.25, -0.2) is 17.6 Å². The minimum Gasteiger partial charge on any atom is -0.333 e. The summed E-state index contributed by atoms with van der Waals surface area (Å²) < 4.78 is 52.8. The number of rotatable bonds is 8. The van der Waals surface area contributed by atoms with Crippen molar-refractivity contribution in [3.8, 4) is 0 Å². The Balaban J connectivity index is 1.97. The van der Waals surface area contributed by atoms with Crippen LogP contribution in [0.1, 0.15) is 13.3 Å². The molecule has 0 atom stereocenters. The number of nitrogens with zero attached hydrogens (tertiary/aromatic N) is 1. The van der Waals surface area contributed by atoms with Gasteiger partial charge < -0.3 is 10.2 Å². The van der Waals surface area contributed by atoms with Crippen molar-refractivity contribution in [2.45, 2.75) is 18.2 Å². The minimum absolute atomic E-state index is 0.0262. The van der Waals surface area contributed by atoms with Gasteiger partial charge >= 0.3 is 0 Å². The number of hydrogen-bond acceptors (Lipinski definition) is 3. The lowest BCUT2D eigenvalue weighted by Crippen LogP contribution is -2.39. The summed E-state index contributed by atoms with van der Waals surface area (Å²) in [4.78, 5) is 26.5. The van der Waals surface area contributed by atoms with E-state index in [4.69, 9.17) is 0 Å². The first-order valence-electron chi connectivity index (χ1n) is 8.41. The molecule has 1 N–H and O–H groups in total. The van der Waals surface area contributed by atoms with Crippen LogP contribution in [-0.2, 0) is 9.59 Å². The Morgan fingerprint density at radius 2 is 1.68 bits per heavy atom. The Morgan fingerprint density at radius 1 is 1.00 bits per heavy atom. The molecule has 0 spiro atoms. The summed E-state index contributed by atoms with van der Waals surface area (Å²) in [5.74, 6) is -5.99. The second-order valence-electron chi connectivity index (χ2n) is 5.83. The second-order valence-corrected chi connectivity index (χ2v) is 6.88. The van der Waals surface area contributed by atoms with Gasteiger partial charge in [-0.1, -0.05) is 6.92 Å². The highest BCUT2D eigenvalue weighted by atomic mass is 32.2. The van der Waals surface area contributed by atoms with Gasteiger partial charge in [0.25, 0.3) is 0 Å². The Hall–Kier alpha value is -2.55. The predicted octanol–water partition coefficient (Wildman–Crippen LogP) is 4.21. The number of halogens is 4. The lowest BCUT2D eigenvalue weighted by atomic mass is 10.2. The third kappa shape index (κ3) is 5.98. The maximum absolute atomic E-state index is 13.7. The van der Waals surface area contributed by atoms with Gasteiger partial charge in [-0.05, 0) is 42.8 Å². The number of anilines is 1. The highest BCUT2D eigenvalue weighted by Gasteiger charge is 2.19. The quantitative estimate of drug-likeness (QED) is 0.400. The molecule has 0 aliphatic heterocycles. The molecule has 28 heavy (non-hydrogen) atoms. The van der Waals surface area contributed by atoms with Gasteiger partial charge in [0.2, 0.25) is 11.8 Å². The van der Waals surface area contributed by atoms with Crippen molar-refractivity contribution < 1.29 is 27.2 Å². The molecule has 0 unspecified atom stereocenters. The van der Waals surface area contributed by atoms with E-state index < -0.39 is 29.0 Å². The molecule has 4 nitrogen and oxygen atoms in total. The van der Waals surface area contributed by atoms with Crippen LogP contribution in [0.5, 0.6) is 0 Å². The summed E-state index contributed by atoms with van der Waals surface area (Å²) in [7, 11) is 0. The van der Waals surface area contributed by atoms with E-state index in [-0.39, 0.29) is 30.6 Å². The first-order chi connectivity index (χ1) is 13.3. The largest absolute Gasteiger partial charge is 0.333 e. The van der Waals surface area contributed by atoms with Crippen LogP contribution in [0.25, 0.3) is 0 Å². The molecule has 0 bridgehead atoms. The van der Waals surface area contributed by atoms with Crippen molar-refractivity contribution in [2.24, 2.45) is 0 Å². The Kier molecular flexibility index (Phi) is 7.86. The first kappa shape index (κ1) is 21.7. The molecule has 2 rings (SSSR count). The van der Waals surface area contributed by atoms with Crippen LogP contribution in [-0.4, -0.2) is 35.6 Å². The van der Waals surface area contributed by atoms with E-state index in [1.807, 2.05) is 6.92 Å². The summed E-state index contributed by atoms with van der Waals surface area (Å²) in [6.45, 7) is 1.74. The fourth-order valence-corrected chi connectivity index (χ4v) is 3.12. The van der Waals surface area contributed by atoms with Crippen LogP contribution in [0, 0.1) is 23.3 Å². The molecule has 9 heteroatoms. The second kappa shape index (κ2) is 10.1. The highest BCUT2D eigenvalue weighted by molar-refractivity contribution is 8.00. The molecule has 0 aliphatic rings. The lowest BCUT2D eigenvalue weighted by Gasteiger charge is -2.21. The number of amides is 2. The van der Waals surface area contributed by atoms with Crippen LogP contribution in [0.15, 0.2) is 41.3 Å². The number of carbonyl (C=O) groups excluding carboxylic acids is 2. The summed E-state index contributed by atoms with van der Waals surface area (Å²) in [5, 5.41) is 2.14. The monoisotopic (exact) mass is 414 g/mol. The van der Waals surface area contributed by atoms with Crippen LogP contribution in [0.3, 0.4) is 0 Å². The summed E-state index contributed by atoms with van der Waals surface area (Å²) >= 11 is 1.19. The van der Waals surface area contributed by atoms with Crippen molar-refractivity contribution in [1.29, 1.82) is 0 Å². The smallest absolute Gasteiger partial charge is 0.244 e. The van der Waals surface area contributed by atoms with Gasteiger partial charge in [0, 0.05) is 11.4 Å². The molecule has 0 saturated heterocycles. The number of carbonyl (C=O) groups is 2. The van der Waals surface area contributed by atoms with E-state index in [0.717, 1.165) is 6.07 Å². The summed E-state index contributed by atoms with van der Waals surface area (Å²) in [6.07, 6.45) is 0.583. The fourth-order valence-electron chi connectivity index (χ4n) is 2.31. The van der Waals surface area contributed by atoms with E-state index in [2.05, 4.69) is 5.32 Å². The Bertz CT molecular complexity index is 847. The topological polar surface area (TPSA) is 49.4 Å². The van der Waals surface area contributed by atoms with E-state index in [1.54, 1.807) is 0 Å². The average molecular weight is 414 g/mol. The molecule has 0 radical (unpaired) electrons. The standard InChI is InChI=1S/C19H18F4N2O2S/c1-2-9-25(17(27)11-28-13-5-3-12(20)4-6-13)10-16(26)24-15-8-7-14(21)18(22)19(15)23/h3-8H,2,9-11H2,1H3,(H,24,26). The van der Waals surface area contributed by atoms with Crippen LogP contribution < -0.4 is 5.32 Å². The normalized spacial score (nSPS) is 10.6. The van der Waals surface area contributed by atoms with Crippen molar-refractivity contribution in [1.82, 2.24) is 4.90 Å². The molecular weight excluding hydrogens is 396 g/mol. The van der Waals surface area contributed by atoms with E-state index >= 15 is 0 Å². The van der Waals surface area contributed by atoms with Crippen molar-refractivity contribution in [3.63, 3.8) is 0 Å². The van der Waals surface area contributed by atoms with Crippen LogP contribution >= 0.6 is 11.8 Å². The molecule has 0 fully saturated rings. The Labute approximate surface area is 163 Å². The fraction of sp³-hybridized carbons (Fsp3) is 0.263. The molecule has 2 aromatic carbocycles. The molecular formula is C19H18F4N2O2S.